The van der Waals surface area contributed by atoms with Gasteiger partial charge in [0.25, 0.3) is 0 Å². The van der Waals surface area contributed by atoms with E-state index in [0.29, 0.717) is 0 Å². The largest absolute Gasteiger partial charge is 0.135 e. The molecule has 234 valence electrons. The average Bonchev–Trinajstić information content (AvgIpc) is 3.55. The summed E-state index contributed by atoms with van der Waals surface area (Å²) in [7, 11) is 0. The number of benzene rings is 8. The second kappa shape index (κ2) is 11.1. The van der Waals surface area contributed by atoms with Gasteiger partial charge in [0.15, 0.2) is 0 Å². The van der Waals surface area contributed by atoms with Crippen LogP contribution in [0.25, 0.3) is 85.9 Å². The second-order valence-electron chi connectivity index (χ2n) is 13.6. The highest BCUT2D eigenvalue weighted by atomic mass is 32.2. The third-order valence-electron chi connectivity index (χ3n) is 10.8. The fourth-order valence-corrected chi connectivity index (χ4v) is 10.8. The molecule has 9 aromatic rings. The Kier molecular flexibility index (Phi) is 6.28. The molecule has 0 fully saturated rings. The van der Waals surface area contributed by atoms with Gasteiger partial charge in [-0.1, -0.05) is 139 Å². The monoisotopic (exact) mass is 670 g/mol. The lowest BCUT2D eigenvalue weighted by atomic mass is 9.86. The van der Waals surface area contributed by atoms with Crippen molar-refractivity contribution in [1.29, 1.82) is 0 Å². The fraction of sp³-hybridized carbons (Fsp3) is 0.0417. The summed E-state index contributed by atoms with van der Waals surface area (Å²) in [4.78, 5) is 2.78. The summed E-state index contributed by atoms with van der Waals surface area (Å²) in [5.74, 6) is 0. The molecule has 8 aromatic carbocycles. The van der Waals surface area contributed by atoms with Crippen molar-refractivity contribution >= 4 is 86.7 Å². The van der Waals surface area contributed by atoms with Crippen LogP contribution in [0.1, 0.15) is 24.0 Å². The molecule has 0 unspecified atom stereocenters. The summed E-state index contributed by atoms with van der Waals surface area (Å²) in [5.41, 5.74) is 10.8. The molecule has 50 heavy (non-hydrogen) atoms. The molecule has 0 nitrogen and oxygen atoms in total. The Bertz CT molecular complexity index is 2930. The van der Waals surface area contributed by atoms with Gasteiger partial charge in [0.1, 0.15) is 0 Å². The molecule has 2 heterocycles. The Morgan fingerprint density at radius 1 is 0.420 bits per heavy atom. The topological polar surface area (TPSA) is 0 Å². The SMILES string of the molecule is C1=C(c2ccc3ccccc3c2)CCC2=C1Sc1cccc3c1c2cc1sc2cc(-c4ccc(-c5cccc6ccccc56)cc4)ccc2c13. The standard InChI is InChI=1S/C48H30S2/c1-2-9-33-25-34(20-17-29(33)7-1)36-21-23-39-42-28-46-47(41-13-6-14-43(48(41)42)49-44(39)27-36)40-24-22-35(26-45(40)50-46)30-15-18-32(19-16-30)38-12-5-10-31-8-3-4-11-37(31)38/h1-20,22,24-28H,21,23H2. The van der Waals surface area contributed by atoms with Gasteiger partial charge in [0, 0.05) is 35.4 Å². The minimum absolute atomic E-state index is 1.06. The summed E-state index contributed by atoms with van der Waals surface area (Å²) in [6, 6.07) is 56.4. The maximum Gasteiger partial charge on any atom is 0.0367 e. The second-order valence-corrected chi connectivity index (χ2v) is 15.7. The number of rotatable bonds is 3. The van der Waals surface area contributed by atoms with Crippen molar-refractivity contribution in [3.05, 3.63) is 174 Å². The zero-order chi connectivity index (χ0) is 32.8. The molecule has 2 heteroatoms. The van der Waals surface area contributed by atoms with Crippen LogP contribution in [-0.2, 0) is 0 Å². The number of thioether (sulfide) groups is 1. The number of hydrogen-bond donors (Lipinski definition) is 0. The van der Waals surface area contributed by atoms with Crippen LogP contribution in [0.5, 0.6) is 0 Å². The van der Waals surface area contributed by atoms with Crippen molar-refractivity contribution < 1.29 is 0 Å². The minimum atomic E-state index is 1.06. The predicted molar refractivity (Wildman–Crippen MR) is 219 cm³/mol. The summed E-state index contributed by atoms with van der Waals surface area (Å²) in [6.07, 6.45) is 4.61. The molecule has 1 aliphatic heterocycles. The van der Waals surface area contributed by atoms with Crippen molar-refractivity contribution in [3.63, 3.8) is 0 Å². The van der Waals surface area contributed by atoms with E-state index in [1.807, 2.05) is 23.1 Å². The van der Waals surface area contributed by atoms with Gasteiger partial charge in [0.2, 0.25) is 0 Å². The van der Waals surface area contributed by atoms with Crippen molar-refractivity contribution in [1.82, 2.24) is 0 Å². The summed E-state index contributed by atoms with van der Waals surface area (Å²) < 4.78 is 2.73. The normalized spacial score (nSPS) is 14.2. The van der Waals surface area contributed by atoms with Crippen LogP contribution < -0.4 is 0 Å². The van der Waals surface area contributed by atoms with Crippen molar-refractivity contribution in [2.75, 3.05) is 0 Å². The summed E-state index contributed by atoms with van der Waals surface area (Å²) in [6.45, 7) is 0. The van der Waals surface area contributed by atoms with E-state index in [1.165, 1.54) is 107 Å². The first kappa shape index (κ1) is 28.4. The highest BCUT2D eigenvalue weighted by Crippen LogP contribution is 2.53. The molecule has 0 bridgehead atoms. The van der Waals surface area contributed by atoms with Crippen molar-refractivity contribution in [2.24, 2.45) is 0 Å². The molecule has 0 spiro atoms. The quantitative estimate of drug-likeness (QED) is 0.180. The van der Waals surface area contributed by atoms with E-state index in [0.717, 1.165) is 12.8 Å². The first-order valence-electron chi connectivity index (χ1n) is 17.4. The lowest BCUT2D eigenvalue weighted by molar-refractivity contribution is 1.07. The van der Waals surface area contributed by atoms with Crippen LogP contribution in [0.15, 0.2) is 168 Å². The first-order valence-corrected chi connectivity index (χ1v) is 19.0. The maximum absolute atomic E-state index is 2.51. The molecule has 0 amide bonds. The zero-order valence-electron chi connectivity index (χ0n) is 27.2. The van der Waals surface area contributed by atoms with E-state index in [-0.39, 0.29) is 0 Å². The van der Waals surface area contributed by atoms with E-state index < -0.39 is 0 Å². The Hall–Kier alpha value is -5.41. The van der Waals surface area contributed by atoms with Gasteiger partial charge in [-0.25, -0.2) is 0 Å². The van der Waals surface area contributed by atoms with E-state index in [4.69, 9.17) is 0 Å². The third kappa shape index (κ3) is 4.39. The van der Waals surface area contributed by atoms with Crippen LogP contribution in [0.3, 0.4) is 0 Å². The van der Waals surface area contributed by atoms with Gasteiger partial charge in [-0.3, -0.25) is 0 Å². The predicted octanol–water partition coefficient (Wildman–Crippen LogP) is 14.5. The number of thiophene rings is 1. The Morgan fingerprint density at radius 2 is 1.16 bits per heavy atom. The maximum atomic E-state index is 2.51. The molecule has 0 N–H and O–H groups in total. The number of hydrogen-bond acceptors (Lipinski definition) is 2. The van der Waals surface area contributed by atoms with Crippen LogP contribution in [0.4, 0.5) is 0 Å². The van der Waals surface area contributed by atoms with Crippen LogP contribution >= 0.6 is 23.1 Å². The molecule has 11 rings (SSSR count). The molecule has 0 saturated heterocycles. The Balaban J connectivity index is 0.998. The molecule has 0 atom stereocenters. The van der Waals surface area contributed by atoms with Crippen LogP contribution in [-0.4, -0.2) is 0 Å². The zero-order valence-corrected chi connectivity index (χ0v) is 28.9. The van der Waals surface area contributed by atoms with Gasteiger partial charge in [-0.2, -0.15) is 0 Å². The Morgan fingerprint density at radius 3 is 2.08 bits per heavy atom. The van der Waals surface area contributed by atoms with Gasteiger partial charge in [-0.15, -0.1) is 11.3 Å². The van der Waals surface area contributed by atoms with Crippen molar-refractivity contribution in [3.8, 4) is 22.3 Å². The first-order chi connectivity index (χ1) is 24.7. The third-order valence-corrected chi connectivity index (χ3v) is 13.0. The van der Waals surface area contributed by atoms with Gasteiger partial charge in [0.05, 0.1) is 0 Å². The van der Waals surface area contributed by atoms with Gasteiger partial charge in [-0.05, 0) is 115 Å². The van der Waals surface area contributed by atoms with Gasteiger partial charge < -0.3 is 0 Å². The number of fused-ring (bicyclic) bond motifs is 7. The summed E-state index contributed by atoms with van der Waals surface area (Å²) >= 11 is 3.90. The van der Waals surface area contributed by atoms with E-state index >= 15 is 0 Å². The molecule has 1 aromatic heterocycles. The van der Waals surface area contributed by atoms with Crippen molar-refractivity contribution in [2.45, 2.75) is 17.7 Å². The van der Waals surface area contributed by atoms with E-state index in [1.54, 1.807) is 0 Å². The average molecular weight is 671 g/mol. The highest BCUT2D eigenvalue weighted by molar-refractivity contribution is 8.03. The lowest BCUT2D eigenvalue weighted by Crippen LogP contribution is -2.02. The van der Waals surface area contributed by atoms with E-state index in [2.05, 4.69) is 158 Å². The molecule has 0 radical (unpaired) electrons. The van der Waals surface area contributed by atoms with Gasteiger partial charge >= 0.3 is 0 Å². The molecule has 0 saturated carbocycles. The van der Waals surface area contributed by atoms with Crippen LogP contribution in [0.2, 0.25) is 0 Å². The smallest absolute Gasteiger partial charge is 0.0367 e. The number of allylic oxidation sites excluding steroid dienone is 3. The van der Waals surface area contributed by atoms with E-state index in [9.17, 15) is 0 Å². The van der Waals surface area contributed by atoms with Crippen LogP contribution in [0, 0.1) is 0 Å². The molecule has 2 aliphatic rings. The minimum Gasteiger partial charge on any atom is -0.135 e. The lowest BCUT2D eigenvalue weighted by Gasteiger charge is -2.27. The molecular weight excluding hydrogens is 641 g/mol. The highest BCUT2D eigenvalue weighted by Gasteiger charge is 2.26. The molecule has 1 aliphatic carbocycles. The summed E-state index contributed by atoms with van der Waals surface area (Å²) in [5, 5.41) is 10.8. The fourth-order valence-electron chi connectivity index (χ4n) is 8.33. The Labute approximate surface area is 299 Å². The molecular formula is C48H30S2.